The Hall–Kier alpha value is -1.69. The Balaban J connectivity index is 2.04. The SMILES string of the molecule is CCCNc1nccc(C(=O)NC2CCCN(C)C2)c1F. The van der Waals surface area contributed by atoms with Crippen LogP contribution >= 0.6 is 0 Å². The van der Waals surface area contributed by atoms with Gasteiger partial charge in [-0.1, -0.05) is 6.92 Å². The molecule has 6 heteroatoms. The molecular weight excluding hydrogens is 271 g/mol. The molecule has 1 fully saturated rings. The number of carbonyl (C=O) groups excluding carboxylic acids is 1. The molecule has 0 aromatic carbocycles. The van der Waals surface area contributed by atoms with Crippen LogP contribution in [0.15, 0.2) is 12.3 Å². The highest BCUT2D eigenvalue weighted by Crippen LogP contribution is 2.16. The fourth-order valence-corrected chi connectivity index (χ4v) is 2.53. The molecule has 5 nitrogen and oxygen atoms in total. The highest BCUT2D eigenvalue weighted by molar-refractivity contribution is 5.95. The van der Waals surface area contributed by atoms with E-state index in [0.717, 1.165) is 32.4 Å². The van der Waals surface area contributed by atoms with Gasteiger partial charge in [-0.15, -0.1) is 0 Å². The smallest absolute Gasteiger partial charge is 0.254 e. The lowest BCUT2D eigenvalue weighted by atomic mass is 10.1. The van der Waals surface area contributed by atoms with E-state index in [0.29, 0.717) is 6.54 Å². The molecule has 116 valence electrons. The van der Waals surface area contributed by atoms with Crippen molar-refractivity contribution in [1.82, 2.24) is 15.2 Å². The topological polar surface area (TPSA) is 57.3 Å². The first-order valence-electron chi connectivity index (χ1n) is 7.49. The Morgan fingerprint density at radius 1 is 1.57 bits per heavy atom. The normalized spacial score (nSPS) is 19.3. The number of hydrogen-bond acceptors (Lipinski definition) is 4. The van der Waals surface area contributed by atoms with Crippen LogP contribution in [0.25, 0.3) is 0 Å². The Kier molecular flexibility index (Phi) is 5.50. The largest absolute Gasteiger partial charge is 0.368 e. The van der Waals surface area contributed by atoms with E-state index in [-0.39, 0.29) is 23.3 Å². The maximum absolute atomic E-state index is 14.3. The van der Waals surface area contributed by atoms with Gasteiger partial charge in [-0.2, -0.15) is 0 Å². The summed E-state index contributed by atoms with van der Waals surface area (Å²) in [5.41, 5.74) is 0.0526. The van der Waals surface area contributed by atoms with E-state index >= 15 is 0 Å². The molecule has 1 amide bonds. The molecule has 0 bridgehead atoms. The second kappa shape index (κ2) is 7.36. The number of piperidine rings is 1. The molecule has 2 N–H and O–H groups in total. The number of halogens is 1. The molecule has 1 saturated heterocycles. The first-order chi connectivity index (χ1) is 10.1. The number of rotatable bonds is 5. The Bertz CT molecular complexity index is 495. The number of nitrogens with one attached hydrogen (secondary N) is 2. The van der Waals surface area contributed by atoms with Gasteiger partial charge in [0.05, 0.1) is 5.56 Å². The number of nitrogens with zero attached hydrogens (tertiary/aromatic N) is 2. The van der Waals surface area contributed by atoms with Crippen LogP contribution in [0.2, 0.25) is 0 Å². The van der Waals surface area contributed by atoms with Gasteiger partial charge in [0.2, 0.25) is 0 Å². The third-order valence-electron chi connectivity index (χ3n) is 3.64. The number of amides is 1. The average Bonchev–Trinajstić information content (AvgIpc) is 2.46. The number of aromatic nitrogens is 1. The first-order valence-corrected chi connectivity index (χ1v) is 7.49. The third kappa shape index (κ3) is 4.14. The standard InChI is InChI=1S/C15H23FN4O/c1-3-7-17-14-13(16)12(6-8-18-14)15(21)19-11-5-4-9-20(2)10-11/h6,8,11H,3-5,7,9-10H2,1-2H3,(H,17,18)(H,19,21). The molecule has 1 aromatic heterocycles. The quantitative estimate of drug-likeness (QED) is 0.870. The number of likely N-dealkylation sites (N-methyl/N-ethyl adjacent to an activating group) is 1. The highest BCUT2D eigenvalue weighted by atomic mass is 19.1. The minimum absolute atomic E-state index is 0.0526. The highest BCUT2D eigenvalue weighted by Gasteiger charge is 2.22. The lowest BCUT2D eigenvalue weighted by Crippen LogP contribution is -2.46. The monoisotopic (exact) mass is 294 g/mol. The summed E-state index contributed by atoms with van der Waals surface area (Å²) in [5, 5.41) is 5.81. The number of pyridine rings is 1. The minimum atomic E-state index is -0.576. The Morgan fingerprint density at radius 2 is 2.38 bits per heavy atom. The molecule has 1 aliphatic rings. The summed E-state index contributed by atoms with van der Waals surface area (Å²) in [5.74, 6) is -0.798. The van der Waals surface area contributed by atoms with Crippen molar-refractivity contribution < 1.29 is 9.18 Å². The summed E-state index contributed by atoms with van der Waals surface area (Å²) < 4.78 is 14.3. The lowest BCUT2D eigenvalue weighted by Gasteiger charge is -2.30. The number of anilines is 1. The van der Waals surface area contributed by atoms with Gasteiger partial charge >= 0.3 is 0 Å². The van der Waals surface area contributed by atoms with Crippen LogP contribution in [-0.2, 0) is 0 Å². The molecule has 21 heavy (non-hydrogen) atoms. The van der Waals surface area contributed by atoms with Gasteiger partial charge in [-0.3, -0.25) is 4.79 Å². The van der Waals surface area contributed by atoms with E-state index in [1.807, 2.05) is 14.0 Å². The Morgan fingerprint density at radius 3 is 3.10 bits per heavy atom. The van der Waals surface area contributed by atoms with Crippen LogP contribution in [0.5, 0.6) is 0 Å². The molecule has 2 rings (SSSR count). The molecule has 0 spiro atoms. The van der Waals surface area contributed by atoms with E-state index in [4.69, 9.17) is 0 Å². The average molecular weight is 294 g/mol. The molecular formula is C15H23FN4O. The van der Waals surface area contributed by atoms with Crippen molar-refractivity contribution in [3.63, 3.8) is 0 Å². The van der Waals surface area contributed by atoms with Gasteiger partial charge < -0.3 is 15.5 Å². The molecule has 1 unspecified atom stereocenters. The van der Waals surface area contributed by atoms with Gasteiger partial charge in [0.15, 0.2) is 11.6 Å². The van der Waals surface area contributed by atoms with Gasteiger partial charge in [-0.25, -0.2) is 9.37 Å². The molecule has 1 atom stereocenters. The van der Waals surface area contributed by atoms with Gasteiger partial charge in [0.25, 0.3) is 5.91 Å². The lowest BCUT2D eigenvalue weighted by molar-refractivity contribution is 0.0908. The maximum Gasteiger partial charge on any atom is 0.254 e. The summed E-state index contributed by atoms with van der Waals surface area (Å²) >= 11 is 0. The summed E-state index contributed by atoms with van der Waals surface area (Å²) in [7, 11) is 2.03. The van der Waals surface area contributed by atoms with Crippen molar-refractivity contribution in [3.05, 3.63) is 23.6 Å². The zero-order chi connectivity index (χ0) is 15.2. The van der Waals surface area contributed by atoms with Gasteiger partial charge in [-0.05, 0) is 38.9 Å². The van der Waals surface area contributed by atoms with Crippen LogP contribution < -0.4 is 10.6 Å². The van der Waals surface area contributed by atoms with Crippen LogP contribution in [0.1, 0.15) is 36.5 Å². The minimum Gasteiger partial charge on any atom is -0.368 e. The zero-order valence-corrected chi connectivity index (χ0v) is 12.7. The van der Waals surface area contributed by atoms with Crippen molar-refractivity contribution in [2.45, 2.75) is 32.2 Å². The second-order valence-electron chi connectivity index (χ2n) is 5.52. The molecule has 1 aliphatic heterocycles. The van der Waals surface area contributed by atoms with Crippen LogP contribution in [-0.4, -0.2) is 48.5 Å². The van der Waals surface area contributed by atoms with E-state index in [1.165, 1.54) is 12.3 Å². The fraction of sp³-hybridized carbons (Fsp3) is 0.600. The number of hydrogen-bond donors (Lipinski definition) is 2. The second-order valence-corrected chi connectivity index (χ2v) is 5.52. The first kappa shape index (κ1) is 15.7. The third-order valence-corrected chi connectivity index (χ3v) is 3.64. The van der Waals surface area contributed by atoms with Crippen molar-refractivity contribution >= 4 is 11.7 Å². The molecule has 2 heterocycles. The van der Waals surface area contributed by atoms with Crippen LogP contribution in [0.3, 0.4) is 0 Å². The predicted octanol–water partition coefficient (Wildman–Crippen LogP) is 1.87. The summed E-state index contributed by atoms with van der Waals surface area (Å²) in [6, 6.07) is 1.50. The van der Waals surface area contributed by atoms with E-state index < -0.39 is 5.82 Å². The van der Waals surface area contributed by atoms with Gasteiger partial charge in [0.1, 0.15) is 0 Å². The van der Waals surface area contributed by atoms with Crippen molar-refractivity contribution in [2.75, 3.05) is 32.0 Å². The number of carbonyl (C=O) groups is 1. The molecule has 0 radical (unpaired) electrons. The molecule has 0 saturated carbocycles. The van der Waals surface area contributed by atoms with Gasteiger partial charge in [0, 0.05) is 25.3 Å². The predicted molar refractivity (Wildman–Crippen MR) is 81.0 cm³/mol. The van der Waals surface area contributed by atoms with Crippen molar-refractivity contribution in [3.8, 4) is 0 Å². The fourth-order valence-electron chi connectivity index (χ4n) is 2.53. The number of likely N-dealkylation sites (tertiary alicyclic amines) is 1. The molecule has 0 aliphatic carbocycles. The van der Waals surface area contributed by atoms with Crippen molar-refractivity contribution in [1.29, 1.82) is 0 Å². The zero-order valence-electron chi connectivity index (χ0n) is 12.7. The van der Waals surface area contributed by atoms with Crippen molar-refractivity contribution in [2.24, 2.45) is 0 Å². The summed E-state index contributed by atoms with van der Waals surface area (Å²) in [6.07, 6.45) is 4.31. The maximum atomic E-state index is 14.3. The van der Waals surface area contributed by atoms with E-state index in [9.17, 15) is 9.18 Å². The summed E-state index contributed by atoms with van der Waals surface area (Å²) in [4.78, 5) is 18.4. The Labute approximate surface area is 124 Å². The summed E-state index contributed by atoms with van der Waals surface area (Å²) in [6.45, 7) is 4.46. The molecule has 1 aromatic rings. The van der Waals surface area contributed by atoms with E-state index in [1.54, 1.807) is 0 Å². The van der Waals surface area contributed by atoms with Crippen LogP contribution in [0.4, 0.5) is 10.2 Å². The van der Waals surface area contributed by atoms with E-state index in [2.05, 4.69) is 20.5 Å². The van der Waals surface area contributed by atoms with Crippen LogP contribution in [0, 0.1) is 5.82 Å².